The number of amides is 1. The van der Waals surface area contributed by atoms with Crippen LogP contribution in [0.25, 0.3) is 0 Å². The van der Waals surface area contributed by atoms with E-state index in [-0.39, 0.29) is 23.7 Å². The number of hydrogen-bond donors (Lipinski definition) is 1. The van der Waals surface area contributed by atoms with Gasteiger partial charge in [0.1, 0.15) is 0 Å². The van der Waals surface area contributed by atoms with Crippen LogP contribution in [0.5, 0.6) is 0 Å². The van der Waals surface area contributed by atoms with Gasteiger partial charge in [-0.15, -0.1) is 0 Å². The van der Waals surface area contributed by atoms with Crippen molar-refractivity contribution in [3.63, 3.8) is 0 Å². The summed E-state index contributed by atoms with van der Waals surface area (Å²) in [6, 6.07) is 8.90. The first-order chi connectivity index (χ1) is 10.2. The summed E-state index contributed by atoms with van der Waals surface area (Å²) in [6.45, 7) is 1.84. The second kappa shape index (κ2) is 5.66. The SMILES string of the molecule is N#Cc1ccc(C(=O)CN2CCCC3C(=O)NCC32)cc1. The van der Waals surface area contributed by atoms with Gasteiger partial charge in [0.15, 0.2) is 5.78 Å². The zero-order valence-corrected chi connectivity index (χ0v) is 11.7. The number of fused-ring (bicyclic) bond motifs is 1. The average Bonchev–Trinajstić information content (AvgIpc) is 2.90. The highest BCUT2D eigenvalue weighted by atomic mass is 16.2. The Bertz CT molecular complexity index is 603. The van der Waals surface area contributed by atoms with Gasteiger partial charge in [-0.05, 0) is 31.5 Å². The minimum atomic E-state index is 0.0347. The number of ketones is 1. The smallest absolute Gasteiger partial charge is 0.224 e. The Balaban J connectivity index is 1.69. The molecule has 2 heterocycles. The minimum Gasteiger partial charge on any atom is -0.354 e. The molecule has 2 atom stereocenters. The van der Waals surface area contributed by atoms with E-state index in [4.69, 9.17) is 5.26 Å². The van der Waals surface area contributed by atoms with Crippen LogP contribution in [-0.4, -0.2) is 42.3 Å². The topological polar surface area (TPSA) is 73.2 Å². The third kappa shape index (κ3) is 2.67. The normalized spacial score (nSPS) is 25.0. The number of benzene rings is 1. The van der Waals surface area contributed by atoms with Crippen molar-refractivity contribution in [1.29, 1.82) is 5.26 Å². The van der Waals surface area contributed by atoms with Crippen molar-refractivity contribution in [3.05, 3.63) is 35.4 Å². The van der Waals surface area contributed by atoms with Crippen LogP contribution in [0.2, 0.25) is 0 Å². The van der Waals surface area contributed by atoms with Crippen molar-refractivity contribution in [2.75, 3.05) is 19.6 Å². The van der Waals surface area contributed by atoms with Crippen LogP contribution < -0.4 is 5.32 Å². The van der Waals surface area contributed by atoms with E-state index in [9.17, 15) is 9.59 Å². The molecule has 0 aromatic heterocycles. The minimum absolute atomic E-state index is 0.0347. The fraction of sp³-hybridized carbons (Fsp3) is 0.438. The van der Waals surface area contributed by atoms with Gasteiger partial charge in [-0.25, -0.2) is 0 Å². The Labute approximate surface area is 123 Å². The van der Waals surface area contributed by atoms with Gasteiger partial charge < -0.3 is 5.32 Å². The van der Waals surface area contributed by atoms with Gasteiger partial charge in [-0.3, -0.25) is 14.5 Å². The monoisotopic (exact) mass is 283 g/mol. The van der Waals surface area contributed by atoms with Crippen molar-refractivity contribution in [2.24, 2.45) is 5.92 Å². The summed E-state index contributed by atoms with van der Waals surface area (Å²) in [6.07, 6.45) is 1.87. The second-order valence-corrected chi connectivity index (χ2v) is 5.64. The van der Waals surface area contributed by atoms with Crippen molar-refractivity contribution >= 4 is 11.7 Å². The average molecular weight is 283 g/mol. The zero-order valence-electron chi connectivity index (χ0n) is 11.7. The van der Waals surface area contributed by atoms with Crippen LogP contribution in [-0.2, 0) is 4.79 Å². The highest BCUT2D eigenvalue weighted by Crippen LogP contribution is 2.27. The van der Waals surface area contributed by atoms with E-state index in [2.05, 4.69) is 10.2 Å². The number of Topliss-reactive ketones (excluding diaryl/α,β-unsaturated/α-hetero) is 1. The van der Waals surface area contributed by atoms with Gasteiger partial charge in [0.25, 0.3) is 0 Å². The number of hydrogen-bond acceptors (Lipinski definition) is 4. The zero-order chi connectivity index (χ0) is 14.8. The number of piperidine rings is 1. The molecule has 2 fully saturated rings. The summed E-state index contributed by atoms with van der Waals surface area (Å²) in [7, 11) is 0. The summed E-state index contributed by atoms with van der Waals surface area (Å²) >= 11 is 0. The Kier molecular flexibility index (Phi) is 3.72. The predicted octanol–water partition coefficient (Wildman–Crippen LogP) is 0.951. The molecule has 2 saturated heterocycles. The molecule has 5 heteroatoms. The maximum atomic E-state index is 12.4. The maximum Gasteiger partial charge on any atom is 0.224 e. The number of nitrogens with one attached hydrogen (secondary N) is 1. The summed E-state index contributed by atoms with van der Waals surface area (Å²) in [4.78, 5) is 26.2. The Hall–Kier alpha value is -2.19. The van der Waals surface area contributed by atoms with Gasteiger partial charge >= 0.3 is 0 Å². The fourth-order valence-electron chi connectivity index (χ4n) is 3.24. The Morgan fingerprint density at radius 2 is 2.14 bits per heavy atom. The maximum absolute atomic E-state index is 12.4. The standard InChI is InChI=1S/C16H17N3O2/c17-8-11-3-5-12(6-4-11)15(20)10-19-7-1-2-13-14(19)9-18-16(13)21/h3-6,13-14H,1-2,7,9-10H2,(H,18,21). The van der Waals surface area contributed by atoms with Gasteiger partial charge in [-0.2, -0.15) is 5.26 Å². The third-order valence-electron chi connectivity index (χ3n) is 4.40. The number of nitrogens with zero attached hydrogens (tertiary/aromatic N) is 2. The van der Waals surface area contributed by atoms with Crippen LogP contribution in [0.15, 0.2) is 24.3 Å². The lowest BCUT2D eigenvalue weighted by Crippen LogP contribution is -2.47. The molecule has 1 N–H and O–H groups in total. The molecule has 2 aliphatic heterocycles. The highest BCUT2D eigenvalue weighted by Gasteiger charge is 2.41. The molecule has 1 aromatic rings. The summed E-state index contributed by atoms with van der Waals surface area (Å²) in [5.74, 6) is 0.197. The van der Waals surface area contributed by atoms with E-state index in [0.717, 1.165) is 19.4 Å². The quantitative estimate of drug-likeness (QED) is 0.838. The summed E-state index contributed by atoms with van der Waals surface area (Å²) in [5.41, 5.74) is 1.17. The molecule has 1 amide bonds. The van der Waals surface area contributed by atoms with Gasteiger partial charge in [0.2, 0.25) is 5.91 Å². The molecular formula is C16H17N3O2. The molecule has 0 spiro atoms. The molecule has 0 aliphatic carbocycles. The number of carbonyl (C=O) groups is 2. The van der Waals surface area contributed by atoms with Gasteiger partial charge in [-0.1, -0.05) is 12.1 Å². The largest absolute Gasteiger partial charge is 0.354 e. The predicted molar refractivity (Wildman–Crippen MR) is 76.6 cm³/mol. The summed E-state index contributed by atoms with van der Waals surface area (Å²) < 4.78 is 0. The molecule has 2 aliphatic rings. The third-order valence-corrected chi connectivity index (χ3v) is 4.40. The molecule has 108 valence electrons. The molecule has 0 saturated carbocycles. The fourth-order valence-corrected chi connectivity index (χ4v) is 3.24. The Morgan fingerprint density at radius 3 is 2.86 bits per heavy atom. The molecule has 0 bridgehead atoms. The summed E-state index contributed by atoms with van der Waals surface area (Å²) in [5, 5.41) is 11.7. The van der Waals surface area contributed by atoms with E-state index in [1.165, 1.54) is 0 Å². The highest BCUT2D eigenvalue weighted by molar-refractivity contribution is 5.97. The van der Waals surface area contributed by atoms with Crippen molar-refractivity contribution < 1.29 is 9.59 Å². The van der Waals surface area contributed by atoms with Crippen LogP contribution in [0, 0.1) is 17.2 Å². The molecule has 3 rings (SSSR count). The van der Waals surface area contributed by atoms with Gasteiger partial charge in [0, 0.05) is 18.2 Å². The number of likely N-dealkylation sites (tertiary alicyclic amines) is 1. The van der Waals surface area contributed by atoms with Crippen LogP contribution in [0.3, 0.4) is 0 Å². The Morgan fingerprint density at radius 1 is 1.38 bits per heavy atom. The van der Waals surface area contributed by atoms with E-state index in [1.807, 2.05) is 6.07 Å². The van der Waals surface area contributed by atoms with E-state index >= 15 is 0 Å². The van der Waals surface area contributed by atoms with Crippen molar-refractivity contribution in [3.8, 4) is 6.07 Å². The number of nitriles is 1. The number of rotatable bonds is 3. The molecule has 2 unspecified atom stereocenters. The van der Waals surface area contributed by atoms with E-state index < -0.39 is 0 Å². The molecular weight excluding hydrogens is 266 g/mol. The van der Waals surface area contributed by atoms with E-state index in [1.54, 1.807) is 24.3 Å². The molecule has 0 radical (unpaired) electrons. The first-order valence-corrected chi connectivity index (χ1v) is 7.24. The lowest BCUT2D eigenvalue weighted by molar-refractivity contribution is -0.124. The van der Waals surface area contributed by atoms with Crippen molar-refractivity contribution in [1.82, 2.24) is 10.2 Å². The van der Waals surface area contributed by atoms with Crippen molar-refractivity contribution in [2.45, 2.75) is 18.9 Å². The van der Waals surface area contributed by atoms with E-state index in [0.29, 0.717) is 24.2 Å². The first kappa shape index (κ1) is 13.8. The lowest BCUT2D eigenvalue weighted by atomic mass is 9.91. The van der Waals surface area contributed by atoms with Crippen LogP contribution >= 0.6 is 0 Å². The molecule has 1 aromatic carbocycles. The van der Waals surface area contributed by atoms with Gasteiger partial charge in [0.05, 0.1) is 24.1 Å². The lowest BCUT2D eigenvalue weighted by Gasteiger charge is -2.35. The first-order valence-electron chi connectivity index (χ1n) is 7.24. The molecule has 21 heavy (non-hydrogen) atoms. The second-order valence-electron chi connectivity index (χ2n) is 5.64. The number of carbonyl (C=O) groups excluding carboxylic acids is 2. The van der Waals surface area contributed by atoms with Crippen LogP contribution in [0.4, 0.5) is 0 Å². The molecule has 5 nitrogen and oxygen atoms in total. The van der Waals surface area contributed by atoms with Crippen LogP contribution in [0.1, 0.15) is 28.8 Å².